The highest BCUT2D eigenvalue weighted by Crippen LogP contribution is 2.34. The molecule has 0 spiro atoms. The highest BCUT2D eigenvalue weighted by Gasteiger charge is 2.14. The van der Waals surface area contributed by atoms with E-state index in [4.69, 9.17) is 34.3 Å². The van der Waals surface area contributed by atoms with Crippen LogP contribution in [0.1, 0.15) is 30.9 Å². The molecular formula is C16H16ClNOS. The molecule has 0 aliphatic carbocycles. The standard InChI is InChI=1S/C16H16ClNOS/c1-10(2)11-6-3-4-8-13(11)19-14-9-5-7-12(17)15(14)16(18)20/h3-10H,1-2H3,(H2,18,20). The molecule has 0 heterocycles. The van der Waals surface area contributed by atoms with E-state index in [1.165, 1.54) is 0 Å². The van der Waals surface area contributed by atoms with Crippen LogP contribution in [0.2, 0.25) is 5.02 Å². The van der Waals surface area contributed by atoms with Crippen molar-refractivity contribution in [1.82, 2.24) is 0 Å². The summed E-state index contributed by atoms with van der Waals surface area (Å²) in [5, 5.41) is 0.497. The van der Waals surface area contributed by atoms with Crippen molar-refractivity contribution < 1.29 is 4.74 Å². The molecule has 0 saturated heterocycles. The maximum Gasteiger partial charge on any atom is 0.139 e. The number of thiocarbonyl (C=S) groups is 1. The first-order valence-corrected chi connectivity index (χ1v) is 7.14. The fourth-order valence-corrected chi connectivity index (χ4v) is 2.53. The van der Waals surface area contributed by atoms with Crippen LogP contribution in [-0.4, -0.2) is 4.99 Å². The van der Waals surface area contributed by atoms with Gasteiger partial charge in [0.2, 0.25) is 0 Å². The molecule has 0 saturated carbocycles. The molecular weight excluding hydrogens is 290 g/mol. The SMILES string of the molecule is CC(C)c1ccccc1Oc1cccc(Cl)c1C(N)=S. The molecule has 0 fully saturated rings. The normalized spacial score (nSPS) is 10.6. The zero-order chi connectivity index (χ0) is 14.7. The third-order valence-corrected chi connectivity index (χ3v) is 3.50. The molecule has 0 amide bonds. The summed E-state index contributed by atoms with van der Waals surface area (Å²) in [7, 11) is 0. The van der Waals surface area contributed by atoms with Crippen molar-refractivity contribution >= 4 is 28.8 Å². The Morgan fingerprint density at radius 1 is 1.10 bits per heavy atom. The highest BCUT2D eigenvalue weighted by molar-refractivity contribution is 7.80. The molecule has 104 valence electrons. The third kappa shape index (κ3) is 3.11. The molecule has 0 radical (unpaired) electrons. The van der Waals surface area contributed by atoms with E-state index in [-0.39, 0.29) is 4.99 Å². The Labute approximate surface area is 129 Å². The third-order valence-electron chi connectivity index (χ3n) is 2.98. The molecule has 2 aromatic rings. The molecule has 0 aromatic heterocycles. The van der Waals surface area contributed by atoms with Crippen LogP contribution in [0.3, 0.4) is 0 Å². The van der Waals surface area contributed by atoms with E-state index in [1.807, 2.05) is 36.4 Å². The van der Waals surface area contributed by atoms with Gasteiger partial charge in [-0.1, -0.05) is 61.9 Å². The summed E-state index contributed by atoms with van der Waals surface area (Å²) in [6, 6.07) is 13.3. The monoisotopic (exact) mass is 305 g/mol. The highest BCUT2D eigenvalue weighted by atomic mass is 35.5. The first kappa shape index (κ1) is 14.8. The Morgan fingerprint density at radius 3 is 2.40 bits per heavy atom. The van der Waals surface area contributed by atoms with Gasteiger partial charge in [-0.05, 0) is 29.7 Å². The predicted molar refractivity (Wildman–Crippen MR) is 87.9 cm³/mol. The van der Waals surface area contributed by atoms with Gasteiger partial charge in [0.05, 0.1) is 10.6 Å². The molecule has 20 heavy (non-hydrogen) atoms. The van der Waals surface area contributed by atoms with Gasteiger partial charge in [0, 0.05) is 0 Å². The number of rotatable bonds is 4. The molecule has 0 aliphatic rings. The van der Waals surface area contributed by atoms with Crippen LogP contribution in [-0.2, 0) is 0 Å². The molecule has 2 nitrogen and oxygen atoms in total. The maximum atomic E-state index is 6.15. The number of para-hydroxylation sites is 1. The molecule has 4 heteroatoms. The summed E-state index contributed by atoms with van der Waals surface area (Å²) in [4.78, 5) is 0.229. The maximum absolute atomic E-state index is 6.15. The van der Waals surface area contributed by atoms with E-state index in [2.05, 4.69) is 13.8 Å². The van der Waals surface area contributed by atoms with E-state index in [0.717, 1.165) is 11.3 Å². The fraction of sp³-hybridized carbons (Fsp3) is 0.188. The summed E-state index contributed by atoms with van der Waals surface area (Å²) in [5.74, 6) is 1.74. The Hall–Kier alpha value is -1.58. The fourth-order valence-electron chi connectivity index (χ4n) is 2.00. The van der Waals surface area contributed by atoms with Gasteiger partial charge in [0.1, 0.15) is 16.5 Å². The van der Waals surface area contributed by atoms with Crippen molar-refractivity contribution in [3.63, 3.8) is 0 Å². The molecule has 0 bridgehead atoms. The van der Waals surface area contributed by atoms with Gasteiger partial charge in [-0.25, -0.2) is 0 Å². The molecule has 2 aromatic carbocycles. The van der Waals surface area contributed by atoms with E-state index in [1.54, 1.807) is 6.07 Å². The number of benzene rings is 2. The minimum absolute atomic E-state index is 0.229. The van der Waals surface area contributed by atoms with Gasteiger partial charge >= 0.3 is 0 Å². The Morgan fingerprint density at radius 2 is 1.75 bits per heavy atom. The lowest BCUT2D eigenvalue weighted by Crippen LogP contribution is -2.11. The van der Waals surface area contributed by atoms with Crippen LogP contribution in [0, 0.1) is 0 Å². The zero-order valence-electron chi connectivity index (χ0n) is 11.4. The topological polar surface area (TPSA) is 35.2 Å². The van der Waals surface area contributed by atoms with E-state index in [9.17, 15) is 0 Å². The Bertz CT molecular complexity index is 640. The van der Waals surface area contributed by atoms with Crippen molar-refractivity contribution in [2.75, 3.05) is 0 Å². The summed E-state index contributed by atoms with van der Waals surface area (Å²) >= 11 is 11.2. The van der Waals surface area contributed by atoms with Crippen LogP contribution < -0.4 is 10.5 Å². The molecule has 0 aliphatic heterocycles. The number of hydrogen-bond acceptors (Lipinski definition) is 2. The van der Waals surface area contributed by atoms with E-state index in [0.29, 0.717) is 22.3 Å². The first-order valence-electron chi connectivity index (χ1n) is 6.35. The second-order valence-corrected chi connectivity index (χ2v) is 5.62. The van der Waals surface area contributed by atoms with Crippen LogP contribution in [0.15, 0.2) is 42.5 Å². The largest absolute Gasteiger partial charge is 0.456 e. The van der Waals surface area contributed by atoms with Crippen LogP contribution in [0.25, 0.3) is 0 Å². The number of nitrogens with two attached hydrogens (primary N) is 1. The molecule has 0 unspecified atom stereocenters. The van der Waals surface area contributed by atoms with Gasteiger partial charge in [-0.2, -0.15) is 0 Å². The summed E-state index contributed by atoms with van der Waals surface area (Å²) in [6.45, 7) is 4.24. The van der Waals surface area contributed by atoms with Gasteiger partial charge in [0.15, 0.2) is 0 Å². The Balaban J connectivity index is 2.46. The smallest absolute Gasteiger partial charge is 0.139 e. The summed E-state index contributed by atoms with van der Waals surface area (Å²) in [6.07, 6.45) is 0. The van der Waals surface area contributed by atoms with Gasteiger partial charge in [0.25, 0.3) is 0 Å². The van der Waals surface area contributed by atoms with Crippen molar-refractivity contribution in [3.05, 3.63) is 58.6 Å². The van der Waals surface area contributed by atoms with Crippen molar-refractivity contribution in [1.29, 1.82) is 0 Å². The summed E-state index contributed by atoms with van der Waals surface area (Å²) in [5.41, 5.74) is 7.43. The first-order chi connectivity index (χ1) is 9.50. The quantitative estimate of drug-likeness (QED) is 0.817. The van der Waals surface area contributed by atoms with Crippen LogP contribution in [0.5, 0.6) is 11.5 Å². The van der Waals surface area contributed by atoms with Gasteiger partial charge in [-0.3, -0.25) is 0 Å². The second-order valence-electron chi connectivity index (χ2n) is 4.77. The van der Waals surface area contributed by atoms with Gasteiger partial charge in [-0.15, -0.1) is 0 Å². The average molecular weight is 306 g/mol. The lowest BCUT2D eigenvalue weighted by Gasteiger charge is -2.16. The lowest BCUT2D eigenvalue weighted by molar-refractivity contribution is 0.472. The minimum Gasteiger partial charge on any atom is -0.456 e. The van der Waals surface area contributed by atoms with Gasteiger partial charge < -0.3 is 10.5 Å². The van der Waals surface area contributed by atoms with Crippen molar-refractivity contribution in [2.45, 2.75) is 19.8 Å². The summed E-state index contributed by atoms with van der Waals surface area (Å²) < 4.78 is 5.99. The molecule has 2 N–H and O–H groups in total. The Kier molecular flexibility index (Phi) is 4.63. The predicted octanol–water partition coefficient (Wildman–Crippen LogP) is 4.89. The number of ether oxygens (including phenoxy) is 1. The van der Waals surface area contributed by atoms with Crippen LogP contribution in [0.4, 0.5) is 0 Å². The van der Waals surface area contributed by atoms with Crippen LogP contribution >= 0.6 is 23.8 Å². The average Bonchev–Trinajstić information content (AvgIpc) is 2.38. The minimum atomic E-state index is 0.229. The van der Waals surface area contributed by atoms with E-state index >= 15 is 0 Å². The second kappa shape index (κ2) is 6.25. The van der Waals surface area contributed by atoms with Crippen molar-refractivity contribution in [3.8, 4) is 11.5 Å². The lowest BCUT2D eigenvalue weighted by atomic mass is 10.0. The zero-order valence-corrected chi connectivity index (χ0v) is 13.0. The number of halogens is 1. The van der Waals surface area contributed by atoms with Crippen molar-refractivity contribution in [2.24, 2.45) is 5.73 Å². The molecule has 0 atom stereocenters. The van der Waals surface area contributed by atoms with E-state index < -0.39 is 0 Å². The molecule has 2 rings (SSSR count). The number of hydrogen-bond donors (Lipinski definition) is 1.